The average Bonchev–Trinajstić information content (AvgIpc) is 3.52. The van der Waals surface area contributed by atoms with E-state index in [4.69, 9.17) is 4.74 Å². The van der Waals surface area contributed by atoms with Gasteiger partial charge in [0.15, 0.2) is 11.6 Å². The van der Waals surface area contributed by atoms with Crippen molar-refractivity contribution < 1.29 is 19.1 Å². The molecule has 7 rings (SSSR count). The van der Waals surface area contributed by atoms with Crippen LogP contribution in [0.1, 0.15) is 62.4 Å². The predicted molar refractivity (Wildman–Crippen MR) is 166 cm³/mol. The standard InChI is InChI=1S/C37H32N2O4/c1-3-22-43-30-15-9-6-12-27(30)34(41)32-31(33(40)25-18-16-23(2)17-19-25)37(28-13-7-8-14-29(28)38-36(37)42)35-26-11-5-4-10-24(26)20-21-39(32)35/h4-21,31-32,35H,3,22H2,1-2H3,(H,38,42)/t31-,32-,35-,37+/m1/s1. The molecule has 1 amide bonds. The third-order valence-electron chi connectivity index (χ3n) is 9.07. The first-order valence-corrected chi connectivity index (χ1v) is 14.8. The summed E-state index contributed by atoms with van der Waals surface area (Å²) in [5, 5.41) is 3.10. The summed E-state index contributed by atoms with van der Waals surface area (Å²) in [6.45, 7) is 4.44. The fourth-order valence-electron chi connectivity index (χ4n) is 7.23. The van der Waals surface area contributed by atoms with E-state index in [1.54, 1.807) is 24.3 Å². The summed E-state index contributed by atoms with van der Waals surface area (Å²) < 4.78 is 6.03. The van der Waals surface area contributed by atoms with Crippen LogP contribution in [0.2, 0.25) is 0 Å². The van der Waals surface area contributed by atoms with Gasteiger partial charge in [-0.2, -0.15) is 0 Å². The van der Waals surface area contributed by atoms with E-state index in [9.17, 15) is 14.4 Å². The summed E-state index contributed by atoms with van der Waals surface area (Å²) in [6.07, 6.45) is 4.65. The van der Waals surface area contributed by atoms with Crippen LogP contribution in [0.25, 0.3) is 6.08 Å². The van der Waals surface area contributed by atoms with E-state index in [1.165, 1.54) is 0 Å². The number of para-hydroxylation sites is 2. The van der Waals surface area contributed by atoms with Gasteiger partial charge in [-0.25, -0.2) is 0 Å². The summed E-state index contributed by atoms with van der Waals surface area (Å²) in [4.78, 5) is 46.4. The van der Waals surface area contributed by atoms with Crippen LogP contribution in [-0.2, 0) is 10.2 Å². The van der Waals surface area contributed by atoms with Gasteiger partial charge in [0.25, 0.3) is 0 Å². The molecule has 6 nitrogen and oxygen atoms in total. The summed E-state index contributed by atoms with van der Waals surface area (Å²) in [5.41, 5.74) is 3.79. The molecular formula is C37H32N2O4. The summed E-state index contributed by atoms with van der Waals surface area (Å²) in [7, 11) is 0. The van der Waals surface area contributed by atoms with Crippen LogP contribution in [0.4, 0.5) is 5.69 Å². The van der Waals surface area contributed by atoms with E-state index < -0.39 is 23.4 Å². The SMILES string of the molecule is CCCOc1ccccc1C(=O)[C@H]1[C@H](C(=O)c2ccc(C)cc2)[C@]2(C(=O)Nc3ccccc32)[C@H]2c3ccccc3C=CN12. The van der Waals surface area contributed by atoms with Crippen molar-refractivity contribution in [3.05, 3.63) is 137 Å². The predicted octanol–water partition coefficient (Wildman–Crippen LogP) is 6.77. The number of Topliss-reactive ketones (excluding diaryl/α,β-unsaturated/α-hetero) is 2. The van der Waals surface area contributed by atoms with Crippen molar-refractivity contribution in [1.29, 1.82) is 0 Å². The molecule has 6 heteroatoms. The van der Waals surface area contributed by atoms with Crippen LogP contribution in [0.15, 0.2) is 103 Å². The second-order valence-corrected chi connectivity index (χ2v) is 11.5. The van der Waals surface area contributed by atoms with Crippen molar-refractivity contribution in [3.8, 4) is 5.75 Å². The largest absolute Gasteiger partial charge is 0.493 e. The van der Waals surface area contributed by atoms with Gasteiger partial charge in [0, 0.05) is 17.5 Å². The van der Waals surface area contributed by atoms with Gasteiger partial charge in [-0.3, -0.25) is 14.4 Å². The smallest absolute Gasteiger partial charge is 0.238 e. The summed E-state index contributed by atoms with van der Waals surface area (Å²) >= 11 is 0. The number of carbonyl (C=O) groups excluding carboxylic acids is 3. The Hall–Kier alpha value is -4.97. The van der Waals surface area contributed by atoms with Crippen molar-refractivity contribution in [2.75, 3.05) is 11.9 Å². The Morgan fingerprint density at radius 2 is 1.60 bits per heavy atom. The van der Waals surface area contributed by atoms with E-state index in [-0.39, 0.29) is 17.5 Å². The highest BCUT2D eigenvalue weighted by Gasteiger charge is 2.70. The Morgan fingerprint density at radius 3 is 2.42 bits per heavy atom. The van der Waals surface area contributed by atoms with Crippen molar-refractivity contribution in [3.63, 3.8) is 0 Å². The lowest BCUT2D eigenvalue weighted by Gasteiger charge is -2.38. The zero-order chi connectivity index (χ0) is 29.7. The molecule has 0 unspecified atom stereocenters. The average molecular weight is 569 g/mol. The van der Waals surface area contributed by atoms with E-state index >= 15 is 0 Å². The fourth-order valence-corrected chi connectivity index (χ4v) is 7.23. The maximum absolute atomic E-state index is 14.9. The highest BCUT2D eigenvalue weighted by molar-refractivity contribution is 6.17. The number of ether oxygens (including phenoxy) is 1. The topological polar surface area (TPSA) is 75.7 Å². The number of ketones is 2. The Morgan fingerprint density at radius 1 is 0.884 bits per heavy atom. The van der Waals surface area contributed by atoms with Gasteiger partial charge in [0.05, 0.1) is 24.1 Å². The molecule has 0 aromatic heterocycles. The zero-order valence-electron chi connectivity index (χ0n) is 24.1. The van der Waals surface area contributed by atoms with Gasteiger partial charge in [0.1, 0.15) is 17.2 Å². The first-order valence-electron chi connectivity index (χ1n) is 14.8. The van der Waals surface area contributed by atoms with Crippen molar-refractivity contribution in [2.24, 2.45) is 5.92 Å². The van der Waals surface area contributed by atoms with Crippen molar-refractivity contribution in [1.82, 2.24) is 4.90 Å². The number of carbonyl (C=O) groups is 3. The van der Waals surface area contributed by atoms with Gasteiger partial charge in [-0.15, -0.1) is 0 Å². The molecule has 3 aliphatic heterocycles. The normalized spacial score (nSPS) is 23.0. The van der Waals surface area contributed by atoms with E-state index in [0.29, 0.717) is 29.2 Å². The number of anilines is 1. The van der Waals surface area contributed by atoms with Crippen LogP contribution >= 0.6 is 0 Å². The second kappa shape index (κ2) is 10.4. The van der Waals surface area contributed by atoms with Crippen LogP contribution in [-0.4, -0.2) is 35.0 Å². The molecule has 4 aromatic carbocycles. The Labute approximate surface area is 251 Å². The number of fused-ring (bicyclic) bond motifs is 6. The molecule has 1 spiro atoms. The van der Waals surface area contributed by atoms with Gasteiger partial charge < -0.3 is 15.0 Å². The quantitative estimate of drug-likeness (QED) is 0.249. The molecule has 4 atom stereocenters. The van der Waals surface area contributed by atoms with Gasteiger partial charge in [-0.1, -0.05) is 91.3 Å². The number of hydrogen-bond donors (Lipinski definition) is 1. The Kier molecular flexibility index (Phi) is 6.50. The van der Waals surface area contributed by atoms with Crippen LogP contribution in [0.3, 0.4) is 0 Å². The van der Waals surface area contributed by atoms with Crippen LogP contribution in [0, 0.1) is 12.8 Å². The number of nitrogens with zero attached hydrogens (tertiary/aromatic N) is 1. The first kappa shape index (κ1) is 26.9. The minimum absolute atomic E-state index is 0.238. The number of rotatable bonds is 7. The fraction of sp³-hybridized carbons (Fsp3) is 0.216. The van der Waals surface area contributed by atoms with E-state index in [2.05, 4.69) is 5.32 Å². The van der Waals surface area contributed by atoms with E-state index in [1.807, 2.05) is 104 Å². The molecule has 3 aliphatic rings. The van der Waals surface area contributed by atoms with E-state index in [0.717, 1.165) is 28.7 Å². The third-order valence-corrected chi connectivity index (χ3v) is 9.07. The van der Waals surface area contributed by atoms with Crippen molar-refractivity contribution >= 4 is 29.2 Å². The summed E-state index contributed by atoms with van der Waals surface area (Å²) in [6, 6.07) is 28.5. The summed E-state index contributed by atoms with van der Waals surface area (Å²) in [5.74, 6) is -1.31. The lowest BCUT2D eigenvalue weighted by atomic mass is 9.62. The molecule has 1 N–H and O–H groups in total. The molecule has 214 valence electrons. The number of aryl methyl sites for hydroxylation is 1. The molecule has 3 heterocycles. The second-order valence-electron chi connectivity index (χ2n) is 11.5. The number of amides is 1. The highest BCUT2D eigenvalue weighted by Crippen LogP contribution is 2.62. The zero-order valence-corrected chi connectivity index (χ0v) is 24.1. The molecule has 0 aliphatic carbocycles. The monoisotopic (exact) mass is 568 g/mol. The van der Waals surface area contributed by atoms with Gasteiger partial charge >= 0.3 is 0 Å². The molecule has 0 radical (unpaired) electrons. The van der Waals surface area contributed by atoms with Crippen LogP contribution in [0.5, 0.6) is 5.75 Å². The Balaban J connectivity index is 1.51. The minimum atomic E-state index is -1.36. The maximum Gasteiger partial charge on any atom is 0.238 e. The molecule has 1 fully saturated rings. The molecule has 4 aromatic rings. The lowest BCUT2D eigenvalue weighted by molar-refractivity contribution is -0.122. The first-order chi connectivity index (χ1) is 21.0. The lowest BCUT2D eigenvalue weighted by Crippen LogP contribution is -2.49. The van der Waals surface area contributed by atoms with Gasteiger partial charge in [0.2, 0.25) is 5.91 Å². The molecule has 43 heavy (non-hydrogen) atoms. The minimum Gasteiger partial charge on any atom is -0.493 e. The van der Waals surface area contributed by atoms with Crippen molar-refractivity contribution in [2.45, 2.75) is 37.8 Å². The highest BCUT2D eigenvalue weighted by atomic mass is 16.5. The molecule has 1 saturated heterocycles. The Bertz CT molecular complexity index is 1790. The molecule has 0 bridgehead atoms. The molecule has 0 saturated carbocycles. The molecular weight excluding hydrogens is 536 g/mol. The number of benzene rings is 4. The third kappa shape index (κ3) is 3.97. The van der Waals surface area contributed by atoms with Crippen LogP contribution < -0.4 is 10.1 Å². The number of hydrogen-bond acceptors (Lipinski definition) is 5. The number of nitrogens with one attached hydrogen (secondary N) is 1. The van der Waals surface area contributed by atoms with Gasteiger partial charge in [-0.05, 0) is 54.3 Å². The maximum atomic E-state index is 14.9.